The Morgan fingerprint density at radius 3 is 2.68 bits per heavy atom. The molecule has 1 unspecified atom stereocenters. The molecule has 0 aliphatic rings. The SMILES string of the molecule is CCOC(=O)c1ccc(N(C)C(C)COC)c(N)c1. The van der Waals surface area contributed by atoms with Gasteiger partial charge in [-0.2, -0.15) is 0 Å². The predicted molar refractivity (Wildman–Crippen MR) is 76.6 cm³/mol. The van der Waals surface area contributed by atoms with E-state index in [0.717, 1.165) is 5.69 Å². The number of esters is 1. The minimum absolute atomic E-state index is 0.195. The first-order valence-electron chi connectivity index (χ1n) is 6.29. The average Bonchev–Trinajstić information content (AvgIpc) is 2.38. The minimum Gasteiger partial charge on any atom is -0.462 e. The summed E-state index contributed by atoms with van der Waals surface area (Å²) in [6.45, 7) is 4.78. The van der Waals surface area contributed by atoms with Gasteiger partial charge >= 0.3 is 5.97 Å². The molecule has 2 N–H and O–H groups in total. The van der Waals surface area contributed by atoms with Crippen molar-refractivity contribution in [2.75, 3.05) is 38.0 Å². The van der Waals surface area contributed by atoms with Crippen LogP contribution in [-0.2, 0) is 9.47 Å². The summed E-state index contributed by atoms with van der Waals surface area (Å²) in [7, 11) is 3.61. The third-order valence-corrected chi connectivity index (χ3v) is 2.99. The monoisotopic (exact) mass is 266 g/mol. The Hall–Kier alpha value is -1.75. The van der Waals surface area contributed by atoms with Crippen LogP contribution in [0.25, 0.3) is 0 Å². The molecule has 0 heterocycles. The van der Waals surface area contributed by atoms with Crippen molar-refractivity contribution < 1.29 is 14.3 Å². The molecule has 1 rings (SSSR count). The molecule has 19 heavy (non-hydrogen) atoms. The van der Waals surface area contributed by atoms with Gasteiger partial charge < -0.3 is 20.1 Å². The molecule has 0 saturated carbocycles. The topological polar surface area (TPSA) is 64.8 Å². The van der Waals surface area contributed by atoms with Gasteiger partial charge in [0.2, 0.25) is 0 Å². The van der Waals surface area contributed by atoms with Gasteiger partial charge in [-0.3, -0.25) is 0 Å². The van der Waals surface area contributed by atoms with Crippen LogP contribution in [0.4, 0.5) is 11.4 Å². The maximum Gasteiger partial charge on any atom is 0.338 e. The number of nitrogens with two attached hydrogens (primary N) is 1. The maximum atomic E-state index is 11.6. The van der Waals surface area contributed by atoms with E-state index in [4.69, 9.17) is 15.2 Å². The van der Waals surface area contributed by atoms with Gasteiger partial charge in [-0.1, -0.05) is 0 Å². The summed E-state index contributed by atoms with van der Waals surface area (Å²) in [4.78, 5) is 13.6. The molecule has 0 saturated heterocycles. The summed E-state index contributed by atoms with van der Waals surface area (Å²) in [5.74, 6) is -0.353. The molecular weight excluding hydrogens is 244 g/mol. The lowest BCUT2D eigenvalue weighted by Gasteiger charge is -2.27. The fourth-order valence-electron chi connectivity index (χ4n) is 1.81. The Kier molecular flexibility index (Phi) is 5.63. The van der Waals surface area contributed by atoms with Crippen molar-refractivity contribution in [2.45, 2.75) is 19.9 Å². The van der Waals surface area contributed by atoms with Crippen LogP contribution in [0.5, 0.6) is 0 Å². The first kappa shape index (κ1) is 15.3. The highest BCUT2D eigenvalue weighted by Gasteiger charge is 2.14. The Morgan fingerprint density at radius 2 is 2.16 bits per heavy atom. The zero-order valence-electron chi connectivity index (χ0n) is 12.0. The second-order valence-electron chi connectivity index (χ2n) is 4.41. The van der Waals surface area contributed by atoms with Gasteiger partial charge in [0, 0.05) is 20.2 Å². The van der Waals surface area contributed by atoms with Crippen molar-refractivity contribution in [3.8, 4) is 0 Å². The number of carbonyl (C=O) groups excluding carboxylic acids is 1. The van der Waals surface area contributed by atoms with Crippen molar-refractivity contribution in [2.24, 2.45) is 0 Å². The standard InChI is InChI=1S/C14H22N2O3/c1-5-19-14(17)11-6-7-13(12(15)8-11)16(3)10(2)9-18-4/h6-8,10H,5,9,15H2,1-4H3. The largest absolute Gasteiger partial charge is 0.462 e. The van der Waals surface area contributed by atoms with Crippen molar-refractivity contribution in [1.29, 1.82) is 0 Å². The minimum atomic E-state index is -0.353. The molecule has 0 radical (unpaired) electrons. The first-order valence-corrected chi connectivity index (χ1v) is 6.29. The van der Waals surface area contributed by atoms with Crippen molar-refractivity contribution >= 4 is 17.3 Å². The van der Waals surface area contributed by atoms with E-state index in [1.807, 2.05) is 24.9 Å². The van der Waals surface area contributed by atoms with Gasteiger partial charge in [0.05, 0.1) is 30.2 Å². The number of nitrogen functional groups attached to an aromatic ring is 1. The van der Waals surface area contributed by atoms with Crippen LogP contribution < -0.4 is 10.6 Å². The summed E-state index contributed by atoms with van der Waals surface area (Å²) in [6, 6.07) is 5.39. The first-order chi connectivity index (χ1) is 9.01. The number of anilines is 2. The molecule has 1 atom stereocenters. The number of rotatable bonds is 6. The van der Waals surface area contributed by atoms with E-state index in [0.29, 0.717) is 24.5 Å². The molecule has 0 aliphatic heterocycles. The Bertz CT molecular complexity index is 435. The number of hydrogen-bond acceptors (Lipinski definition) is 5. The van der Waals surface area contributed by atoms with Crippen molar-refractivity contribution in [1.82, 2.24) is 0 Å². The fraction of sp³-hybridized carbons (Fsp3) is 0.500. The van der Waals surface area contributed by atoms with E-state index in [-0.39, 0.29) is 12.0 Å². The van der Waals surface area contributed by atoms with Gasteiger partial charge in [0.1, 0.15) is 0 Å². The maximum absolute atomic E-state index is 11.6. The highest BCUT2D eigenvalue weighted by Crippen LogP contribution is 2.25. The summed E-state index contributed by atoms with van der Waals surface area (Å²) in [6.07, 6.45) is 0. The third kappa shape index (κ3) is 3.86. The van der Waals surface area contributed by atoms with Crippen molar-refractivity contribution in [3.63, 3.8) is 0 Å². The van der Waals surface area contributed by atoms with E-state index in [1.54, 1.807) is 26.2 Å². The number of benzene rings is 1. The van der Waals surface area contributed by atoms with E-state index in [9.17, 15) is 4.79 Å². The molecule has 5 heteroatoms. The predicted octanol–water partition coefficient (Wildman–Crippen LogP) is 1.92. The number of nitrogens with zero attached hydrogens (tertiary/aromatic N) is 1. The summed E-state index contributed by atoms with van der Waals surface area (Å²) < 4.78 is 10.1. The number of hydrogen-bond donors (Lipinski definition) is 1. The second kappa shape index (κ2) is 6.99. The van der Waals surface area contributed by atoms with Crippen LogP contribution in [0.15, 0.2) is 18.2 Å². The van der Waals surface area contributed by atoms with Crippen LogP contribution in [-0.4, -0.2) is 39.4 Å². The molecule has 0 spiro atoms. The van der Waals surface area contributed by atoms with E-state index >= 15 is 0 Å². The summed E-state index contributed by atoms with van der Waals surface area (Å²) in [5, 5.41) is 0. The lowest BCUT2D eigenvalue weighted by molar-refractivity contribution is 0.0526. The Labute approximate surface area is 114 Å². The summed E-state index contributed by atoms with van der Waals surface area (Å²) in [5.41, 5.74) is 7.89. The van der Waals surface area contributed by atoms with Gasteiger partial charge in [0.15, 0.2) is 0 Å². The highest BCUT2D eigenvalue weighted by atomic mass is 16.5. The van der Waals surface area contributed by atoms with Gasteiger partial charge in [-0.25, -0.2) is 4.79 Å². The number of likely N-dealkylation sites (N-methyl/N-ethyl adjacent to an activating group) is 1. The van der Waals surface area contributed by atoms with E-state index in [2.05, 4.69) is 0 Å². The zero-order chi connectivity index (χ0) is 14.4. The molecule has 0 bridgehead atoms. The lowest BCUT2D eigenvalue weighted by Crippen LogP contribution is -2.33. The molecule has 5 nitrogen and oxygen atoms in total. The normalized spacial score (nSPS) is 12.0. The molecule has 106 valence electrons. The van der Waals surface area contributed by atoms with Crippen molar-refractivity contribution in [3.05, 3.63) is 23.8 Å². The van der Waals surface area contributed by atoms with E-state index in [1.165, 1.54) is 0 Å². The Balaban J connectivity index is 2.91. The van der Waals surface area contributed by atoms with Crippen LogP contribution in [0.3, 0.4) is 0 Å². The third-order valence-electron chi connectivity index (χ3n) is 2.99. The number of methoxy groups -OCH3 is 1. The molecule has 0 aliphatic carbocycles. The zero-order valence-corrected chi connectivity index (χ0v) is 12.0. The number of carbonyl (C=O) groups is 1. The fourth-order valence-corrected chi connectivity index (χ4v) is 1.81. The van der Waals surface area contributed by atoms with Crippen LogP contribution in [0.1, 0.15) is 24.2 Å². The molecule has 0 aromatic heterocycles. The van der Waals surface area contributed by atoms with Crippen LogP contribution in [0.2, 0.25) is 0 Å². The molecule has 1 aromatic carbocycles. The molecular formula is C14H22N2O3. The average molecular weight is 266 g/mol. The Morgan fingerprint density at radius 1 is 1.47 bits per heavy atom. The van der Waals surface area contributed by atoms with E-state index < -0.39 is 0 Å². The molecule has 0 amide bonds. The second-order valence-corrected chi connectivity index (χ2v) is 4.41. The van der Waals surface area contributed by atoms with Crippen LogP contribution >= 0.6 is 0 Å². The molecule has 1 aromatic rings. The lowest BCUT2D eigenvalue weighted by atomic mass is 10.1. The summed E-state index contributed by atoms with van der Waals surface area (Å²) >= 11 is 0. The highest BCUT2D eigenvalue weighted by molar-refractivity contribution is 5.92. The van der Waals surface area contributed by atoms with Gasteiger partial charge in [-0.05, 0) is 32.0 Å². The molecule has 0 fully saturated rings. The van der Waals surface area contributed by atoms with Gasteiger partial charge in [-0.15, -0.1) is 0 Å². The van der Waals surface area contributed by atoms with Crippen LogP contribution in [0, 0.1) is 0 Å². The quantitative estimate of drug-likeness (QED) is 0.629. The number of ether oxygens (including phenoxy) is 2. The van der Waals surface area contributed by atoms with Gasteiger partial charge in [0.25, 0.3) is 0 Å². The smallest absolute Gasteiger partial charge is 0.338 e.